The number of hydrogen-bond donors (Lipinski definition) is 1. The fourth-order valence-electron chi connectivity index (χ4n) is 4.29. The zero-order valence-corrected chi connectivity index (χ0v) is 13.0. The molecular formula is C17H32N2. The summed E-state index contributed by atoms with van der Waals surface area (Å²) in [5.74, 6) is 1.88. The maximum absolute atomic E-state index is 3.93. The average Bonchev–Trinajstić information content (AvgIpc) is 3.10. The number of hydrogen-bond acceptors (Lipinski definition) is 2. The summed E-state index contributed by atoms with van der Waals surface area (Å²) in [7, 11) is 0. The minimum absolute atomic E-state index is 0.491. The summed E-state index contributed by atoms with van der Waals surface area (Å²) in [5.41, 5.74) is 0.491. The van der Waals surface area contributed by atoms with Crippen molar-refractivity contribution >= 4 is 0 Å². The molecule has 0 aromatic heterocycles. The highest BCUT2D eigenvalue weighted by Gasteiger charge is 2.41. The molecule has 1 atom stereocenters. The van der Waals surface area contributed by atoms with E-state index in [2.05, 4.69) is 24.1 Å². The van der Waals surface area contributed by atoms with Crippen LogP contribution in [0.1, 0.15) is 65.2 Å². The summed E-state index contributed by atoms with van der Waals surface area (Å²) < 4.78 is 0. The molecule has 110 valence electrons. The quantitative estimate of drug-likeness (QED) is 0.818. The third-order valence-corrected chi connectivity index (χ3v) is 5.75. The lowest BCUT2D eigenvalue weighted by atomic mass is 9.89. The molecule has 2 saturated carbocycles. The van der Waals surface area contributed by atoms with Crippen LogP contribution >= 0.6 is 0 Å². The van der Waals surface area contributed by atoms with Crippen molar-refractivity contribution in [2.45, 2.75) is 76.8 Å². The van der Waals surface area contributed by atoms with Gasteiger partial charge in [0.2, 0.25) is 0 Å². The number of nitrogens with one attached hydrogen (secondary N) is 1. The highest BCUT2D eigenvalue weighted by atomic mass is 15.3. The van der Waals surface area contributed by atoms with Gasteiger partial charge in [0.05, 0.1) is 0 Å². The molecule has 1 heterocycles. The molecule has 0 radical (unpaired) electrons. The van der Waals surface area contributed by atoms with Gasteiger partial charge in [-0.05, 0) is 44.1 Å². The lowest BCUT2D eigenvalue weighted by molar-refractivity contribution is 0.0554. The fourth-order valence-corrected chi connectivity index (χ4v) is 4.29. The molecule has 2 aliphatic carbocycles. The minimum Gasteiger partial charge on any atom is -0.308 e. The van der Waals surface area contributed by atoms with Crippen LogP contribution in [-0.4, -0.2) is 36.1 Å². The van der Waals surface area contributed by atoms with Gasteiger partial charge >= 0.3 is 0 Å². The van der Waals surface area contributed by atoms with Crippen molar-refractivity contribution in [1.82, 2.24) is 10.2 Å². The largest absolute Gasteiger partial charge is 0.308 e. The summed E-state index contributed by atoms with van der Waals surface area (Å²) in [4.78, 5) is 2.84. The Morgan fingerprint density at radius 3 is 2.58 bits per heavy atom. The molecule has 1 N–H and O–H groups in total. The molecule has 1 unspecified atom stereocenters. The van der Waals surface area contributed by atoms with Crippen LogP contribution in [0.5, 0.6) is 0 Å². The molecule has 3 rings (SSSR count). The second-order valence-electron chi connectivity index (χ2n) is 7.74. The van der Waals surface area contributed by atoms with E-state index in [0.29, 0.717) is 5.54 Å². The molecule has 0 aromatic carbocycles. The van der Waals surface area contributed by atoms with Gasteiger partial charge in [-0.3, -0.25) is 4.90 Å². The van der Waals surface area contributed by atoms with Crippen molar-refractivity contribution in [2.75, 3.05) is 19.6 Å². The number of nitrogens with zero attached hydrogens (tertiary/aromatic N) is 1. The molecule has 2 nitrogen and oxygen atoms in total. The molecule has 0 aromatic rings. The lowest BCUT2D eigenvalue weighted by Crippen LogP contribution is -2.64. The van der Waals surface area contributed by atoms with Crippen molar-refractivity contribution < 1.29 is 0 Å². The molecule has 19 heavy (non-hydrogen) atoms. The molecule has 2 heteroatoms. The molecule has 1 aliphatic heterocycles. The standard InChI is InChI=1S/C17H32N2/c1-14(2)16-12-18-17(9-3-4-10-17)13-19(16)11-5-6-15-7-8-15/h14-16,18H,3-13H2,1-2H3. The van der Waals surface area contributed by atoms with E-state index in [9.17, 15) is 0 Å². The van der Waals surface area contributed by atoms with Crippen molar-refractivity contribution in [1.29, 1.82) is 0 Å². The van der Waals surface area contributed by atoms with Crippen molar-refractivity contribution in [2.24, 2.45) is 11.8 Å². The Morgan fingerprint density at radius 1 is 1.21 bits per heavy atom. The minimum atomic E-state index is 0.491. The van der Waals surface area contributed by atoms with Crippen LogP contribution in [0.3, 0.4) is 0 Å². The first-order chi connectivity index (χ1) is 9.19. The van der Waals surface area contributed by atoms with E-state index in [-0.39, 0.29) is 0 Å². The second kappa shape index (κ2) is 5.73. The van der Waals surface area contributed by atoms with Crippen LogP contribution in [0.25, 0.3) is 0 Å². The van der Waals surface area contributed by atoms with E-state index in [1.807, 2.05) is 0 Å². The van der Waals surface area contributed by atoms with Gasteiger partial charge in [0, 0.05) is 24.7 Å². The smallest absolute Gasteiger partial charge is 0.0309 e. The van der Waals surface area contributed by atoms with Crippen LogP contribution in [0.15, 0.2) is 0 Å². The monoisotopic (exact) mass is 264 g/mol. The van der Waals surface area contributed by atoms with Crippen molar-refractivity contribution in [3.63, 3.8) is 0 Å². The van der Waals surface area contributed by atoms with E-state index >= 15 is 0 Å². The molecular weight excluding hydrogens is 232 g/mol. The first-order valence-electron chi connectivity index (χ1n) is 8.68. The predicted octanol–water partition coefficient (Wildman–Crippen LogP) is 3.42. The summed E-state index contributed by atoms with van der Waals surface area (Å²) in [6.45, 7) is 8.68. The zero-order chi connectivity index (χ0) is 13.3. The second-order valence-corrected chi connectivity index (χ2v) is 7.74. The Labute approximate surface area is 119 Å². The first kappa shape index (κ1) is 13.9. The van der Waals surface area contributed by atoms with Crippen LogP contribution in [0.4, 0.5) is 0 Å². The number of piperazine rings is 1. The lowest BCUT2D eigenvalue weighted by Gasteiger charge is -2.48. The Hall–Kier alpha value is -0.0800. The fraction of sp³-hybridized carbons (Fsp3) is 1.00. The van der Waals surface area contributed by atoms with Gasteiger partial charge in [-0.25, -0.2) is 0 Å². The average molecular weight is 264 g/mol. The van der Waals surface area contributed by atoms with Crippen LogP contribution in [-0.2, 0) is 0 Å². The molecule has 3 aliphatic rings. The highest BCUT2D eigenvalue weighted by molar-refractivity contribution is 5.01. The summed E-state index contributed by atoms with van der Waals surface area (Å²) >= 11 is 0. The normalized spacial score (nSPS) is 31.4. The van der Waals surface area contributed by atoms with E-state index in [0.717, 1.165) is 17.9 Å². The SMILES string of the molecule is CC(C)C1CNC2(CCCC2)CN1CCCC1CC1. The van der Waals surface area contributed by atoms with Crippen molar-refractivity contribution in [3.8, 4) is 0 Å². The maximum atomic E-state index is 3.93. The van der Waals surface area contributed by atoms with E-state index in [1.165, 1.54) is 71.0 Å². The highest BCUT2D eigenvalue weighted by Crippen LogP contribution is 2.36. The molecule has 0 bridgehead atoms. The molecule has 1 spiro atoms. The van der Waals surface area contributed by atoms with Gasteiger partial charge in [-0.2, -0.15) is 0 Å². The third kappa shape index (κ3) is 3.33. The van der Waals surface area contributed by atoms with Gasteiger partial charge in [0.1, 0.15) is 0 Å². The number of rotatable bonds is 5. The van der Waals surface area contributed by atoms with Gasteiger partial charge in [0.15, 0.2) is 0 Å². The van der Waals surface area contributed by atoms with E-state index < -0.39 is 0 Å². The van der Waals surface area contributed by atoms with E-state index in [4.69, 9.17) is 0 Å². The maximum Gasteiger partial charge on any atom is 0.0309 e. The Balaban J connectivity index is 1.56. The molecule has 1 saturated heterocycles. The van der Waals surface area contributed by atoms with Gasteiger partial charge < -0.3 is 5.32 Å². The molecule has 3 fully saturated rings. The topological polar surface area (TPSA) is 15.3 Å². The van der Waals surface area contributed by atoms with Crippen molar-refractivity contribution in [3.05, 3.63) is 0 Å². The van der Waals surface area contributed by atoms with Gasteiger partial charge in [0.25, 0.3) is 0 Å². The Kier molecular flexibility index (Phi) is 4.19. The summed E-state index contributed by atoms with van der Waals surface area (Å²) in [6, 6.07) is 0.769. The summed E-state index contributed by atoms with van der Waals surface area (Å²) in [6.07, 6.45) is 11.7. The predicted molar refractivity (Wildman–Crippen MR) is 81.4 cm³/mol. The van der Waals surface area contributed by atoms with Crippen LogP contribution in [0.2, 0.25) is 0 Å². The molecule has 0 amide bonds. The Bertz CT molecular complexity index is 290. The summed E-state index contributed by atoms with van der Waals surface area (Å²) in [5, 5.41) is 3.93. The third-order valence-electron chi connectivity index (χ3n) is 5.75. The van der Waals surface area contributed by atoms with Crippen LogP contribution in [0, 0.1) is 11.8 Å². The van der Waals surface area contributed by atoms with Gasteiger partial charge in [-0.1, -0.05) is 39.5 Å². The zero-order valence-electron chi connectivity index (χ0n) is 13.0. The van der Waals surface area contributed by atoms with E-state index in [1.54, 1.807) is 0 Å². The van der Waals surface area contributed by atoms with Crippen LogP contribution < -0.4 is 5.32 Å². The Morgan fingerprint density at radius 2 is 1.95 bits per heavy atom. The van der Waals surface area contributed by atoms with Gasteiger partial charge in [-0.15, -0.1) is 0 Å². The first-order valence-corrected chi connectivity index (χ1v) is 8.68.